The van der Waals surface area contributed by atoms with Gasteiger partial charge in [0.05, 0.1) is 18.4 Å². The quantitative estimate of drug-likeness (QED) is 0.0754. The summed E-state index contributed by atoms with van der Waals surface area (Å²) in [6.45, 7) is 15.4. The Bertz CT molecular complexity index is 1410. The number of nitrogens with zero attached hydrogens (tertiary/aromatic N) is 4. The van der Waals surface area contributed by atoms with E-state index < -0.39 is 19.5 Å². The maximum Gasteiger partial charge on any atom is 0.348 e. The van der Waals surface area contributed by atoms with Crippen molar-refractivity contribution in [1.29, 1.82) is 5.26 Å². The molecule has 0 saturated carbocycles. The molecule has 0 amide bonds. The van der Waals surface area contributed by atoms with Gasteiger partial charge < -0.3 is 19.4 Å². The van der Waals surface area contributed by atoms with E-state index in [0.29, 0.717) is 41.4 Å². The molecule has 0 fully saturated rings. The lowest BCUT2D eigenvalue weighted by Crippen LogP contribution is -2.22. The molecule has 1 N–H and O–H groups in total. The molecule has 0 saturated heterocycles. The van der Waals surface area contributed by atoms with Crippen molar-refractivity contribution in [2.45, 2.75) is 60.1 Å². The highest BCUT2D eigenvalue weighted by Gasteiger charge is 2.28. The smallest absolute Gasteiger partial charge is 0.348 e. The summed E-state index contributed by atoms with van der Waals surface area (Å²) in [4.78, 5) is 34.5. The number of nitrogens with one attached hydrogen (secondary N) is 1. The van der Waals surface area contributed by atoms with E-state index in [2.05, 4.69) is 29.9 Å². The monoisotopic (exact) mass is 547 g/mol. The van der Waals surface area contributed by atoms with Crippen molar-refractivity contribution in [3.63, 3.8) is 0 Å². The van der Waals surface area contributed by atoms with Gasteiger partial charge in [0.2, 0.25) is 0 Å². The normalized spacial score (nSPS) is 12.3. The summed E-state index contributed by atoms with van der Waals surface area (Å²) in [6.07, 6.45) is 4.88. The number of rotatable bonds is 11. The van der Waals surface area contributed by atoms with Crippen molar-refractivity contribution in [2.24, 2.45) is 5.41 Å². The summed E-state index contributed by atoms with van der Waals surface area (Å²) in [5.74, 6) is -0.194. The summed E-state index contributed by atoms with van der Waals surface area (Å²) in [7, 11) is -1.22. The molecule has 0 atom stereocenters. The zero-order chi connectivity index (χ0) is 28.8. The van der Waals surface area contributed by atoms with Gasteiger partial charge in [0.1, 0.15) is 29.7 Å². The Labute approximate surface area is 230 Å². The lowest BCUT2D eigenvalue weighted by atomic mass is 9.87. The van der Waals surface area contributed by atoms with Crippen LogP contribution in [-0.2, 0) is 21.0 Å². The van der Waals surface area contributed by atoms with E-state index in [1.165, 1.54) is 6.08 Å². The predicted molar refractivity (Wildman–Crippen MR) is 155 cm³/mol. The minimum atomic E-state index is -1.22. The molecular formula is C29H37N5O4Si. The van der Waals surface area contributed by atoms with Crippen LogP contribution in [0, 0.1) is 16.7 Å². The Morgan fingerprint density at radius 3 is 2.46 bits per heavy atom. The van der Waals surface area contributed by atoms with Gasteiger partial charge in [-0.2, -0.15) is 5.26 Å². The van der Waals surface area contributed by atoms with E-state index in [-0.39, 0.29) is 18.0 Å². The van der Waals surface area contributed by atoms with Gasteiger partial charge in [-0.15, -0.1) is 0 Å². The van der Waals surface area contributed by atoms with Crippen LogP contribution in [0.1, 0.15) is 43.6 Å². The van der Waals surface area contributed by atoms with Crippen LogP contribution in [-0.4, -0.2) is 47.6 Å². The maximum atomic E-state index is 13.3. The number of ether oxygens (including phenoxy) is 2. The van der Waals surface area contributed by atoms with Gasteiger partial charge in [-0.1, -0.05) is 52.5 Å². The number of esters is 1. The molecule has 39 heavy (non-hydrogen) atoms. The topological polar surface area (TPSA) is 119 Å². The molecule has 1 aromatic carbocycles. The number of Topliss-reactive ketones (excluding diaryl/α,β-unsaturated/α-hetero) is 1. The molecule has 0 aliphatic rings. The third-order valence-electron chi connectivity index (χ3n) is 5.83. The highest BCUT2D eigenvalue weighted by molar-refractivity contribution is 6.76. The molecule has 0 bridgehead atoms. The van der Waals surface area contributed by atoms with Crippen LogP contribution in [0.4, 0.5) is 11.5 Å². The van der Waals surface area contributed by atoms with Crippen LogP contribution >= 0.6 is 0 Å². The molecule has 2 heterocycles. The SMILES string of the molecule is CCOC(=O)/C(C#N)=C\c1ccc(Nc2cnc3c(n2)c(C(=O)C(C)(C)C)cn3COCC[Si](C)(C)C)cc1. The maximum absolute atomic E-state index is 13.3. The van der Waals surface area contributed by atoms with Crippen molar-refractivity contribution in [2.75, 3.05) is 18.5 Å². The lowest BCUT2D eigenvalue weighted by molar-refractivity contribution is -0.137. The average Bonchev–Trinajstić information content (AvgIpc) is 3.22. The number of hydrogen-bond donors (Lipinski definition) is 1. The fraction of sp³-hybridized carbons (Fsp3) is 0.414. The first-order valence-electron chi connectivity index (χ1n) is 13.0. The zero-order valence-corrected chi connectivity index (χ0v) is 24.8. The van der Waals surface area contributed by atoms with Gasteiger partial charge in [0.15, 0.2) is 11.4 Å². The van der Waals surface area contributed by atoms with Crippen LogP contribution < -0.4 is 5.32 Å². The second-order valence-electron chi connectivity index (χ2n) is 11.5. The lowest BCUT2D eigenvalue weighted by Gasteiger charge is -2.16. The fourth-order valence-electron chi connectivity index (χ4n) is 3.64. The minimum Gasteiger partial charge on any atom is -0.462 e. The van der Waals surface area contributed by atoms with Crippen LogP contribution in [0.5, 0.6) is 0 Å². The molecule has 3 rings (SSSR count). The van der Waals surface area contributed by atoms with Gasteiger partial charge in [-0.05, 0) is 36.7 Å². The van der Waals surface area contributed by atoms with E-state index in [0.717, 1.165) is 11.7 Å². The number of carbonyl (C=O) groups excluding carboxylic acids is 2. The molecule has 10 heteroatoms. The summed E-state index contributed by atoms with van der Waals surface area (Å²) in [5.41, 5.74) is 2.36. The molecule has 3 aromatic rings. The Morgan fingerprint density at radius 2 is 1.87 bits per heavy atom. The third-order valence-corrected chi connectivity index (χ3v) is 7.53. The summed E-state index contributed by atoms with van der Waals surface area (Å²) in [6, 6.07) is 10.1. The van der Waals surface area contributed by atoms with Gasteiger partial charge in [0, 0.05) is 32.0 Å². The molecule has 0 unspecified atom stereocenters. The Hall–Kier alpha value is -3.81. The fourth-order valence-corrected chi connectivity index (χ4v) is 4.40. The minimum absolute atomic E-state index is 0.0224. The molecule has 0 aliphatic heterocycles. The van der Waals surface area contributed by atoms with Crippen molar-refractivity contribution >= 4 is 48.6 Å². The Balaban J connectivity index is 1.86. The van der Waals surface area contributed by atoms with Crippen molar-refractivity contribution in [1.82, 2.24) is 14.5 Å². The number of carbonyl (C=O) groups is 2. The number of nitriles is 1. The van der Waals surface area contributed by atoms with E-state index >= 15 is 0 Å². The van der Waals surface area contributed by atoms with E-state index in [4.69, 9.17) is 14.5 Å². The first kappa shape index (κ1) is 29.7. The summed E-state index contributed by atoms with van der Waals surface area (Å²) >= 11 is 0. The largest absolute Gasteiger partial charge is 0.462 e. The second-order valence-corrected chi connectivity index (χ2v) is 17.1. The predicted octanol–water partition coefficient (Wildman–Crippen LogP) is 6.19. The van der Waals surface area contributed by atoms with Gasteiger partial charge in [0.25, 0.3) is 0 Å². The number of ketones is 1. The number of hydrogen-bond acceptors (Lipinski definition) is 8. The van der Waals surface area contributed by atoms with Crippen LogP contribution in [0.25, 0.3) is 17.2 Å². The highest BCUT2D eigenvalue weighted by atomic mass is 28.3. The second kappa shape index (κ2) is 12.4. The van der Waals surface area contributed by atoms with Crippen LogP contribution in [0.15, 0.2) is 42.2 Å². The number of anilines is 2. The molecule has 206 valence electrons. The van der Waals surface area contributed by atoms with Crippen LogP contribution in [0.3, 0.4) is 0 Å². The zero-order valence-electron chi connectivity index (χ0n) is 23.8. The van der Waals surface area contributed by atoms with Crippen molar-refractivity contribution in [3.8, 4) is 6.07 Å². The molecular weight excluding hydrogens is 510 g/mol. The first-order valence-corrected chi connectivity index (χ1v) is 16.7. The molecule has 0 radical (unpaired) electrons. The molecule has 0 spiro atoms. The van der Waals surface area contributed by atoms with Crippen molar-refractivity contribution in [3.05, 3.63) is 53.4 Å². The van der Waals surface area contributed by atoms with Gasteiger partial charge in [-0.25, -0.2) is 14.8 Å². The standard InChI is InChI=1S/C29H37N5O4Si/c1-8-38-28(36)21(16-30)15-20-9-11-22(12-10-20)32-24-17-31-27-25(33-24)23(26(35)29(2,3)4)18-34(27)19-37-13-14-39(5,6)7/h9-12,15,17-18H,8,13-14,19H2,1-7H3,(H,32,33)/b21-15-. The van der Waals surface area contributed by atoms with Gasteiger partial charge in [-0.3, -0.25) is 4.79 Å². The highest BCUT2D eigenvalue weighted by Crippen LogP contribution is 2.28. The number of benzene rings is 1. The first-order chi connectivity index (χ1) is 18.3. The number of aromatic nitrogens is 3. The van der Waals surface area contributed by atoms with E-state index in [1.807, 2.05) is 31.4 Å². The molecule has 0 aliphatic carbocycles. The summed E-state index contributed by atoms with van der Waals surface area (Å²) in [5, 5.41) is 12.5. The summed E-state index contributed by atoms with van der Waals surface area (Å²) < 4.78 is 12.7. The number of fused-ring (bicyclic) bond motifs is 1. The average molecular weight is 548 g/mol. The molecule has 9 nitrogen and oxygen atoms in total. The van der Waals surface area contributed by atoms with Crippen LogP contribution in [0.2, 0.25) is 25.7 Å². The van der Waals surface area contributed by atoms with E-state index in [1.54, 1.807) is 43.6 Å². The van der Waals surface area contributed by atoms with E-state index in [9.17, 15) is 14.9 Å². The van der Waals surface area contributed by atoms with Gasteiger partial charge >= 0.3 is 5.97 Å². The van der Waals surface area contributed by atoms with Crippen molar-refractivity contribution < 1.29 is 19.1 Å². The third kappa shape index (κ3) is 8.08. The Morgan fingerprint density at radius 1 is 1.18 bits per heavy atom. The molecule has 2 aromatic heterocycles. The Kier molecular flexibility index (Phi) is 9.43.